The molecule has 0 bridgehead atoms. The Labute approximate surface area is 108 Å². The quantitative estimate of drug-likeness (QED) is 0.903. The van der Waals surface area contributed by atoms with Gasteiger partial charge < -0.3 is 10.0 Å². The zero-order valence-electron chi connectivity index (χ0n) is 9.78. The fourth-order valence-electron chi connectivity index (χ4n) is 2.63. The fraction of sp³-hybridized carbons (Fsp3) is 0.583. The molecule has 2 aliphatic rings. The zero-order chi connectivity index (χ0) is 12.7. The monoisotopic (exact) mass is 266 g/mol. The summed E-state index contributed by atoms with van der Waals surface area (Å²) in [5.74, 6) is -1.27. The third kappa shape index (κ3) is 1.90. The van der Waals surface area contributed by atoms with Gasteiger partial charge in [-0.05, 0) is 19.3 Å². The molecule has 2 atom stereocenters. The lowest BCUT2D eigenvalue weighted by atomic mass is 9.89. The Morgan fingerprint density at radius 3 is 2.78 bits per heavy atom. The van der Waals surface area contributed by atoms with Gasteiger partial charge in [-0.1, -0.05) is 0 Å². The maximum absolute atomic E-state index is 12.1. The SMILES string of the molecule is O=C(O)C1CCC(=O)N(C2CC2)C1c1nccs1. The number of nitrogens with zero attached hydrogens (tertiary/aromatic N) is 2. The number of aromatic nitrogens is 1. The molecule has 1 aromatic rings. The van der Waals surface area contributed by atoms with Gasteiger partial charge in [0.1, 0.15) is 5.01 Å². The van der Waals surface area contributed by atoms with Crippen LogP contribution in [-0.4, -0.2) is 32.9 Å². The van der Waals surface area contributed by atoms with Crippen molar-refractivity contribution in [2.24, 2.45) is 5.92 Å². The highest BCUT2D eigenvalue weighted by Crippen LogP contribution is 2.43. The van der Waals surface area contributed by atoms with Gasteiger partial charge in [-0.15, -0.1) is 11.3 Å². The van der Waals surface area contributed by atoms with E-state index in [4.69, 9.17) is 0 Å². The molecule has 6 heteroatoms. The average molecular weight is 266 g/mol. The molecule has 5 nitrogen and oxygen atoms in total. The number of piperidine rings is 1. The Hall–Kier alpha value is -1.43. The Kier molecular flexibility index (Phi) is 2.81. The van der Waals surface area contributed by atoms with Crippen LogP contribution in [0.2, 0.25) is 0 Å². The largest absolute Gasteiger partial charge is 0.481 e. The van der Waals surface area contributed by atoms with Crippen molar-refractivity contribution >= 4 is 23.2 Å². The number of carbonyl (C=O) groups is 2. The second-order valence-electron chi connectivity index (χ2n) is 4.83. The van der Waals surface area contributed by atoms with Crippen LogP contribution in [0.25, 0.3) is 0 Å². The number of hydrogen-bond acceptors (Lipinski definition) is 4. The van der Waals surface area contributed by atoms with E-state index in [0.29, 0.717) is 12.8 Å². The Balaban J connectivity index is 1.98. The van der Waals surface area contributed by atoms with Crippen LogP contribution in [0.15, 0.2) is 11.6 Å². The van der Waals surface area contributed by atoms with E-state index in [9.17, 15) is 14.7 Å². The Morgan fingerprint density at radius 1 is 1.44 bits per heavy atom. The van der Waals surface area contributed by atoms with Gasteiger partial charge in [-0.25, -0.2) is 4.98 Å². The van der Waals surface area contributed by atoms with E-state index in [1.54, 1.807) is 11.1 Å². The van der Waals surface area contributed by atoms with E-state index in [-0.39, 0.29) is 18.0 Å². The molecule has 96 valence electrons. The summed E-state index contributed by atoms with van der Waals surface area (Å²) < 4.78 is 0. The summed E-state index contributed by atoms with van der Waals surface area (Å²) in [6.45, 7) is 0. The number of likely N-dealkylation sites (tertiary alicyclic amines) is 1. The number of aliphatic carboxylic acids is 1. The minimum Gasteiger partial charge on any atom is -0.481 e. The molecular weight excluding hydrogens is 252 g/mol. The first-order valence-electron chi connectivity index (χ1n) is 6.12. The van der Waals surface area contributed by atoms with Crippen molar-refractivity contribution in [2.75, 3.05) is 0 Å². The molecule has 18 heavy (non-hydrogen) atoms. The molecule has 1 saturated heterocycles. The summed E-state index contributed by atoms with van der Waals surface area (Å²) >= 11 is 1.43. The first-order valence-corrected chi connectivity index (χ1v) is 7.00. The van der Waals surface area contributed by atoms with Gasteiger partial charge in [-0.2, -0.15) is 0 Å². The maximum atomic E-state index is 12.1. The minimum atomic E-state index is -0.826. The maximum Gasteiger partial charge on any atom is 0.309 e. The normalized spacial score (nSPS) is 28.4. The van der Waals surface area contributed by atoms with Gasteiger partial charge >= 0.3 is 5.97 Å². The number of rotatable bonds is 3. The van der Waals surface area contributed by atoms with Crippen LogP contribution < -0.4 is 0 Å². The van der Waals surface area contributed by atoms with E-state index in [1.165, 1.54) is 11.3 Å². The van der Waals surface area contributed by atoms with E-state index in [2.05, 4.69) is 4.98 Å². The molecular formula is C12H14N2O3S. The summed E-state index contributed by atoms with van der Waals surface area (Å²) in [5, 5.41) is 11.9. The number of hydrogen-bond donors (Lipinski definition) is 1. The van der Waals surface area contributed by atoms with Crippen LogP contribution in [0.1, 0.15) is 36.7 Å². The molecule has 0 aromatic carbocycles. The van der Waals surface area contributed by atoms with E-state index in [1.807, 2.05) is 5.38 Å². The van der Waals surface area contributed by atoms with Crippen LogP contribution in [-0.2, 0) is 9.59 Å². The van der Waals surface area contributed by atoms with Crippen molar-refractivity contribution < 1.29 is 14.7 Å². The van der Waals surface area contributed by atoms with E-state index >= 15 is 0 Å². The lowest BCUT2D eigenvalue weighted by Crippen LogP contribution is -2.46. The molecule has 1 aromatic heterocycles. The summed E-state index contributed by atoms with van der Waals surface area (Å²) in [6, 6.07) is -0.134. The molecule has 2 fully saturated rings. The predicted octanol–water partition coefficient (Wildman–Crippen LogP) is 1.67. The van der Waals surface area contributed by atoms with E-state index < -0.39 is 11.9 Å². The fourth-order valence-corrected chi connectivity index (χ4v) is 3.43. The molecule has 1 aliphatic heterocycles. The minimum absolute atomic E-state index is 0.0789. The molecule has 1 aliphatic carbocycles. The third-order valence-electron chi connectivity index (χ3n) is 3.60. The smallest absolute Gasteiger partial charge is 0.309 e. The number of thiazole rings is 1. The van der Waals surface area contributed by atoms with Crippen LogP contribution in [0.3, 0.4) is 0 Å². The van der Waals surface area contributed by atoms with Gasteiger partial charge in [0.2, 0.25) is 5.91 Å². The van der Waals surface area contributed by atoms with Crippen LogP contribution in [0.5, 0.6) is 0 Å². The molecule has 1 amide bonds. The van der Waals surface area contributed by atoms with Crippen molar-refractivity contribution in [2.45, 2.75) is 37.8 Å². The second kappa shape index (κ2) is 4.35. The van der Waals surface area contributed by atoms with Crippen LogP contribution in [0.4, 0.5) is 0 Å². The van der Waals surface area contributed by atoms with Crippen molar-refractivity contribution in [3.05, 3.63) is 16.6 Å². The first kappa shape index (κ1) is 11.6. The zero-order valence-corrected chi connectivity index (χ0v) is 10.6. The Morgan fingerprint density at radius 2 is 2.22 bits per heavy atom. The van der Waals surface area contributed by atoms with Gasteiger partial charge in [-0.3, -0.25) is 9.59 Å². The standard InChI is InChI=1S/C12H14N2O3S/c15-9-4-3-8(12(16)17)10(11-13-5-6-18-11)14(9)7-1-2-7/h5-8,10H,1-4H2,(H,16,17). The third-order valence-corrected chi connectivity index (χ3v) is 4.45. The molecule has 2 heterocycles. The molecule has 1 N–H and O–H groups in total. The highest BCUT2D eigenvalue weighted by atomic mass is 32.1. The topological polar surface area (TPSA) is 70.5 Å². The molecule has 0 radical (unpaired) electrons. The van der Waals surface area contributed by atoms with Crippen molar-refractivity contribution in [1.29, 1.82) is 0 Å². The lowest BCUT2D eigenvalue weighted by Gasteiger charge is -2.38. The summed E-state index contributed by atoms with van der Waals surface area (Å²) in [7, 11) is 0. The lowest BCUT2D eigenvalue weighted by molar-refractivity contribution is -0.152. The average Bonchev–Trinajstić information content (AvgIpc) is 3.03. The molecule has 3 rings (SSSR count). The predicted molar refractivity (Wildman–Crippen MR) is 65.1 cm³/mol. The van der Waals surface area contributed by atoms with Crippen LogP contribution in [0, 0.1) is 5.92 Å². The van der Waals surface area contributed by atoms with Crippen molar-refractivity contribution in [3.8, 4) is 0 Å². The first-order chi connectivity index (χ1) is 8.68. The van der Waals surface area contributed by atoms with Crippen LogP contribution >= 0.6 is 11.3 Å². The van der Waals surface area contributed by atoms with Gasteiger partial charge in [0.05, 0.1) is 12.0 Å². The number of carboxylic acids is 1. The summed E-state index contributed by atoms with van der Waals surface area (Å²) in [5.41, 5.74) is 0. The molecule has 2 unspecified atom stereocenters. The number of amides is 1. The van der Waals surface area contributed by atoms with Crippen molar-refractivity contribution in [1.82, 2.24) is 9.88 Å². The molecule has 0 spiro atoms. The highest BCUT2D eigenvalue weighted by molar-refractivity contribution is 7.09. The van der Waals surface area contributed by atoms with Gasteiger partial charge in [0.15, 0.2) is 0 Å². The van der Waals surface area contributed by atoms with Gasteiger partial charge in [0.25, 0.3) is 0 Å². The Bertz CT molecular complexity index is 470. The summed E-state index contributed by atoms with van der Waals surface area (Å²) in [6.07, 6.45) is 4.40. The van der Waals surface area contributed by atoms with E-state index in [0.717, 1.165) is 17.8 Å². The summed E-state index contributed by atoms with van der Waals surface area (Å²) in [4.78, 5) is 29.5. The number of carbonyl (C=O) groups excluding carboxylic acids is 1. The molecule has 1 saturated carbocycles. The second-order valence-corrected chi connectivity index (χ2v) is 5.76. The van der Waals surface area contributed by atoms with Gasteiger partial charge in [0, 0.05) is 24.0 Å². The highest BCUT2D eigenvalue weighted by Gasteiger charge is 2.47. The number of carboxylic acid groups (broad SMARTS) is 1. The van der Waals surface area contributed by atoms with Crippen molar-refractivity contribution in [3.63, 3.8) is 0 Å².